The maximum Gasteiger partial charge on any atom is 0.271 e. The van der Waals surface area contributed by atoms with Gasteiger partial charge in [0.15, 0.2) is 11.5 Å². The van der Waals surface area contributed by atoms with Crippen molar-refractivity contribution in [1.29, 1.82) is 0 Å². The van der Waals surface area contributed by atoms with Gasteiger partial charge in [-0.25, -0.2) is 5.43 Å². The highest BCUT2D eigenvalue weighted by molar-refractivity contribution is 14.1. The van der Waals surface area contributed by atoms with E-state index >= 15 is 0 Å². The van der Waals surface area contributed by atoms with Crippen LogP contribution in [0, 0.1) is 3.57 Å². The van der Waals surface area contributed by atoms with E-state index in [9.17, 15) is 4.79 Å². The minimum atomic E-state index is -0.315. The summed E-state index contributed by atoms with van der Waals surface area (Å²) < 4.78 is 23.9. The van der Waals surface area contributed by atoms with Crippen LogP contribution >= 0.6 is 22.6 Å². The first kappa shape index (κ1) is 28.2. The third-order valence-corrected chi connectivity index (χ3v) is 6.06. The molecule has 0 aliphatic heterocycles. The van der Waals surface area contributed by atoms with E-state index in [1.807, 2.05) is 30.3 Å². The molecule has 0 atom stereocenters. The van der Waals surface area contributed by atoms with E-state index < -0.39 is 0 Å². The SMILES string of the molecule is CCCCCCOc1ccc(OCCOc2c(I)cc(/C=N/NC(=O)c3ccncc3)cc2OC)cc1. The highest BCUT2D eigenvalue weighted by Gasteiger charge is 2.12. The van der Waals surface area contributed by atoms with Crippen molar-refractivity contribution in [3.05, 3.63) is 75.6 Å². The molecular weight excluding hydrogens is 585 g/mol. The van der Waals surface area contributed by atoms with Gasteiger partial charge >= 0.3 is 0 Å². The lowest BCUT2D eigenvalue weighted by Gasteiger charge is -2.14. The Morgan fingerprint density at radius 3 is 2.30 bits per heavy atom. The average molecular weight is 617 g/mol. The molecule has 0 aliphatic rings. The summed E-state index contributed by atoms with van der Waals surface area (Å²) in [6.07, 6.45) is 9.39. The molecule has 1 amide bonds. The van der Waals surface area contributed by atoms with Crippen molar-refractivity contribution in [2.24, 2.45) is 5.10 Å². The Morgan fingerprint density at radius 1 is 0.946 bits per heavy atom. The molecule has 0 bridgehead atoms. The van der Waals surface area contributed by atoms with E-state index in [4.69, 9.17) is 18.9 Å². The van der Waals surface area contributed by atoms with Gasteiger partial charge in [0.2, 0.25) is 0 Å². The molecule has 2 aromatic carbocycles. The molecule has 37 heavy (non-hydrogen) atoms. The summed E-state index contributed by atoms with van der Waals surface area (Å²) in [4.78, 5) is 16.0. The molecule has 0 fully saturated rings. The number of hydrogen-bond acceptors (Lipinski definition) is 7. The first-order valence-corrected chi connectivity index (χ1v) is 13.3. The molecule has 0 saturated carbocycles. The molecule has 1 heterocycles. The molecule has 3 aromatic rings. The van der Waals surface area contributed by atoms with Gasteiger partial charge in [-0.15, -0.1) is 0 Å². The summed E-state index contributed by atoms with van der Waals surface area (Å²) in [6.45, 7) is 3.65. The number of ether oxygens (including phenoxy) is 4. The summed E-state index contributed by atoms with van der Waals surface area (Å²) in [5.74, 6) is 2.47. The minimum Gasteiger partial charge on any atom is -0.494 e. The second-order valence-corrected chi connectivity index (χ2v) is 9.21. The molecule has 0 spiro atoms. The average Bonchev–Trinajstić information content (AvgIpc) is 2.92. The van der Waals surface area contributed by atoms with Crippen molar-refractivity contribution in [2.45, 2.75) is 32.6 Å². The number of nitrogens with one attached hydrogen (secondary N) is 1. The number of hydrazone groups is 1. The number of carbonyl (C=O) groups excluding carboxylic acids is 1. The fourth-order valence-corrected chi connectivity index (χ4v) is 4.12. The van der Waals surface area contributed by atoms with Crippen LogP contribution in [0.25, 0.3) is 0 Å². The standard InChI is InChI=1S/C28H32IN3O5/c1-3-4-5-6-15-35-23-7-9-24(10-8-23)36-16-17-37-27-25(29)18-21(19-26(27)34-2)20-31-32-28(33)22-11-13-30-14-12-22/h7-14,18-20H,3-6,15-17H2,1-2H3,(H,32,33)/b31-20+. The fourth-order valence-electron chi connectivity index (χ4n) is 3.34. The normalized spacial score (nSPS) is 10.8. The van der Waals surface area contributed by atoms with Crippen LogP contribution in [0.1, 0.15) is 48.5 Å². The van der Waals surface area contributed by atoms with E-state index in [0.717, 1.165) is 33.7 Å². The molecule has 0 aliphatic carbocycles. The number of unbranched alkanes of at least 4 members (excludes halogenated alkanes) is 3. The zero-order valence-electron chi connectivity index (χ0n) is 21.1. The van der Waals surface area contributed by atoms with Gasteiger partial charge in [-0.2, -0.15) is 5.10 Å². The zero-order chi connectivity index (χ0) is 26.3. The minimum absolute atomic E-state index is 0.315. The second kappa shape index (κ2) is 15.7. The van der Waals surface area contributed by atoms with Crippen LogP contribution in [-0.2, 0) is 0 Å². The number of hydrogen-bond donors (Lipinski definition) is 1. The first-order valence-electron chi connectivity index (χ1n) is 12.2. The van der Waals surface area contributed by atoms with Crippen LogP contribution in [0.4, 0.5) is 0 Å². The second-order valence-electron chi connectivity index (χ2n) is 8.05. The highest BCUT2D eigenvalue weighted by atomic mass is 127. The van der Waals surface area contributed by atoms with Gasteiger partial charge in [-0.3, -0.25) is 9.78 Å². The summed E-state index contributed by atoms with van der Waals surface area (Å²) in [7, 11) is 1.58. The van der Waals surface area contributed by atoms with Crippen molar-refractivity contribution >= 4 is 34.7 Å². The summed E-state index contributed by atoms with van der Waals surface area (Å²) >= 11 is 2.18. The van der Waals surface area contributed by atoms with Crippen molar-refractivity contribution in [3.63, 3.8) is 0 Å². The van der Waals surface area contributed by atoms with Crippen LogP contribution in [0.5, 0.6) is 23.0 Å². The number of nitrogens with zero attached hydrogens (tertiary/aromatic N) is 2. The number of carbonyl (C=O) groups is 1. The maximum atomic E-state index is 12.1. The Hall–Kier alpha value is -3.34. The third-order valence-electron chi connectivity index (χ3n) is 5.26. The Balaban J connectivity index is 1.46. The lowest BCUT2D eigenvalue weighted by molar-refractivity contribution is 0.0955. The summed E-state index contributed by atoms with van der Waals surface area (Å²) in [6, 6.07) is 14.5. The molecule has 9 heteroatoms. The number of aromatic nitrogens is 1. The summed E-state index contributed by atoms with van der Waals surface area (Å²) in [5.41, 5.74) is 3.74. The van der Waals surface area contributed by atoms with Crippen LogP contribution in [0.15, 0.2) is 66.0 Å². The fraction of sp³-hybridized carbons (Fsp3) is 0.321. The molecule has 0 unspecified atom stereocenters. The number of rotatable bonds is 15. The predicted molar refractivity (Wildman–Crippen MR) is 152 cm³/mol. The van der Waals surface area contributed by atoms with Gasteiger partial charge in [0.1, 0.15) is 24.7 Å². The van der Waals surface area contributed by atoms with Crippen molar-refractivity contribution in [2.75, 3.05) is 26.9 Å². The van der Waals surface area contributed by atoms with Crippen LogP contribution in [-0.4, -0.2) is 44.0 Å². The van der Waals surface area contributed by atoms with Crippen LogP contribution < -0.4 is 24.4 Å². The van der Waals surface area contributed by atoms with E-state index in [1.54, 1.807) is 43.9 Å². The van der Waals surface area contributed by atoms with Crippen molar-refractivity contribution < 1.29 is 23.7 Å². The molecule has 1 aromatic heterocycles. The Kier molecular flexibility index (Phi) is 12.0. The molecule has 196 valence electrons. The monoisotopic (exact) mass is 617 g/mol. The van der Waals surface area contributed by atoms with Gasteiger partial charge in [-0.05, 0) is 83.1 Å². The lowest BCUT2D eigenvalue weighted by Crippen LogP contribution is -2.17. The maximum absolute atomic E-state index is 12.1. The zero-order valence-corrected chi connectivity index (χ0v) is 23.3. The van der Waals surface area contributed by atoms with E-state index in [2.05, 4.69) is 45.0 Å². The van der Waals surface area contributed by atoms with Gasteiger partial charge in [0.05, 0.1) is 23.5 Å². The Bertz CT molecular complexity index is 1140. The molecule has 0 saturated heterocycles. The van der Waals surface area contributed by atoms with E-state index in [0.29, 0.717) is 30.3 Å². The van der Waals surface area contributed by atoms with Crippen LogP contribution in [0.3, 0.4) is 0 Å². The van der Waals surface area contributed by atoms with E-state index in [-0.39, 0.29) is 5.91 Å². The number of benzene rings is 2. The molecular formula is C28H32IN3O5. The predicted octanol–water partition coefficient (Wildman–Crippen LogP) is 5.88. The number of pyridine rings is 1. The lowest BCUT2D eigenvalue weighted by atomic mass is 10.2. The largest absolute Gasteiger partial charge is 0.494 e. The third kappa shape index (κ3) is 9.56. The number of amides is 1. The van der Waals surface area contributed by atoms with Crippen molar-refractivity contribution in [1.82, 2.24) is 10.4 Å². The van der Waals surface area contributed by atoms with E-state index in [1.165, 1.54) is 19.3 Å². The first-order chi connectivity index (χ1) is 18.1. The highest BCUT2D eigenvalue weighted by Crippen LogP contribution is 2.33. The topological polar surface area (TPSA) is 91.3 Å². The quantitative estimate of drug-likeness (QED) is 0.0993. The van der Waals surface area contributed by atoms with Crippen molar-refractivity contribution in [3.8, 4) is 23.0 Å². The summed E-state index contributed by atoms with van der Waals surface area (Å²) in [5, 5.41) is 4.03. The Labute approximate surface area is 231 Å². The van der Waals surface area contributed by atoms with Gasteiger partial charge < -0.3 is 18.9 Å². The van der Waals surface area contributed by atoms with Gasteiger partial charge in [0, 0.05) is 18.0 Å². The molecule has 3 rings (SSSR count). The molecule has 0 radical (unpaired) electrons. The molecule has 1 N–H and O–H groups in total. The number of halogens is 1. The van der Waals surface area contributed by atoms with Gasteiger partial charge in [-0.1, -0.05) is 26.2 Å². The number of methoxy groups -OCH3 is 1. The Morgan fingerprint density at radius 2 is 1.62 bits per heavy atom. The van der Waals surface area contributed by atoms with Crippen LogP contribution in [0.2, 0.25) is 0 Å². The smallest absolute Gasteiger partial charge is 0.271 e. The van der Waals surface area contributed by atoms with Gasteiger partial charge in [0.25, 0.3) is 5.91 Å². The molecule has 8 nitrogen and oxygen atoms in total.